The van der Waals surface area contributed by atoms with E-state index in [2.05, 4.69) is 20.9 Å². The number of hydrogen-bond donors (Lipinski definition) is 3. The second-order valence-electron chi connectivity index (χ2n) is 5.10. The molecule has 1 aliphatic heterocycles. The van der Waals surface area contributed by atoms with E-state index in [4.69, 9.17) is 0 Å². The first-order valence-electron chi connectivity index (χ1n) is 7.01. The fourth-order valence-electron chi connectivity index (χ4n) is 2.26. The van der Waals surface area contributed by atoms with Crippen molar-refractivity contribution >= 4 is 39.7 Å². The number of aryl methyl sites for hydroxylation is 1. The van der Waals surface area contributed by atoms with E-state index < -0.39 is 0 Å². The number of nitrogens with zero attached hydrogens (tertiary/aromatic N) is 1. The zero-order valence-electron chi connectivity index (χ0n) is 12.3. The van der Waals surface area contributed by atoms with Crippen LogP contribution in [0.1, 0.15) is 29.4 Å². The van der Waals surface area contributed by atoms with Crippen molar-refractivity contribution in [2.45, 2.75) is 26.3 Å². The Bertz CT molecular complexity index is 741. The lowest BCUT2D eigenvalue weighted by atomic mass is 10.1. The molecule has 0 saturated carbocycles. The van der Waals surface area contributed by atoms with E-state index in [0.717, 1.165) is 11.4 Å². The maximum absolute atomic E-state index is 12.2. The summed E-state index contributed by atoms with van der Waals surface area (Å²) < 4.78 is 0. The van der Waals surface area contributed by atoms with E-state index in [9.17, 15) is 9.59 Å². The number of thiazole rings is 1. The molecule has 0 fully saturated rings. The van der Waals surface area contributed by atoms with Gasteiger partial charge in [-0.2, -0.15) is 0 Å². The number of anilines is 3. The van der Waals surface area contributed by atoms with Gasteiger partial charge in [0.2, 0.25) is 5.91 Å². The van der Waals surface area contributed by atoms with Crippen molar-refractivity contribution in [3.63, 3.8) is 0 Å². The highest BCUT2D eigenvalue weighted by atomic mass is 32.1. The number of hydrogen-bond acceptors (Lipinski definition) is 5. The first-order chi connectivity index (χ1) is 10.6. The monoisotopic (exact) mass is 316 g/mol. The van der Waals surface area contributed by atoms with Crippen LogP contribution in [0.4, 0.5) is 16.5 Å². The third-order valence-corrected chi connectivity index (χ3v) is 4.31. The molecule has 2 aromatic rings. The zero-order chi connectivity index (χ0) is 15.7. The standard InChI is InChI=1S/C15H16N4O2S/c1-3-10-14(21)18-12-6-9(4-5-11(12)17-10)13(20)19-15-16-8(2)7-22-15/h4-7,10,17H,3H2,1-2H3,(H,18,21)(H,16,19,20). The summed E-state index contributed by atoms with van der Waals surface area (Å²) >= 11 is 1.38. The predicted molar refractivity (Wildman–Crippen MR) is 87.6 cm³/mol. The second-order valence-corrected chi connectivity index (χ2v) is 5.96. The third kappa shape index (κ3) is 2.80. The zero-order valence-corrected chi connectivity index (χ0v) is 13.1. The minimum atomic E-state index is -0.246. The lowest BCUT2D eigenvalue weighted by Crippen LogP contribution is -2.38. The largest absolute Gasteiger partial charge is 0.372 e. The van der Waals surface area contributed by atoms with Crippen molar-refractivity contribution in [3.8, 4) is 0 Å². The fraction of sp³-hybridized carbons (Fsp3) is 0.267. The van der Waals surface area contributed by atoms with Crippen LogP contribution in [-0.4, -0.2) is 22.8 Å². The SMILES string of the molecule is CCC1Nc2ccc(C(=O)Nc3nc(C)cs3)cc2NC1=O. The van der Waals surface area contributed by atoms with E-state index in [1.54, 1.807) is 18.2 Å². The molecule has 0 radical (unpaired) electrons. The Hall–Kier alpha value is -2.41. The first kappa shape index (κ1) is 14.5. The van der Waals surface area contributed by atoms with Gasteiger partial charge in [-0.15, -0.1) is 11.3 Å². The summed E-state index contributed by atoms with van der Waals surface area (Å²) in [6.45, 7) is 3.82. The van der Waals surface area contributed by atoms with Gasteiger partial charge in [0.1, 0.15) is 6.04 Å². The van der Waals surface area contributed by atoms with E-state index >= 15 is 0 Å². The number of carbonyl (C=O) groups excluding carboxylic acids is 2. The highest BCUT2D eigenvalue weighted by Gasteiger charge is 2.24. The van der Waals surface area contributed by atoms with Gasteiger partial charge in [0.25, 0.3) is 5.91 Å². The van der Waals surface area contributed by atoms with Crippen LogP contribution in [0, 0.1) is 6.92 Å². The molecule has 1 unspecified atom stereocenters. The van der Waals surface area contributed by atoms with Gasteiger partial charge in [-0.3, -0.25) is 14.9 Å². The molecule has 0 saturated heterocycles. The van der Waals surface area contributed by atoms with Gasteiger partial charge in [0.15, 0.2) is 5.13 Å². The Morgan fingerprint density at radius 1 is 1.41 bits per heavy atom. The maximum Gasteiger partial charge on any atom is 0.257 e. The number of amides is 2. The molecule has 3 rings (SSSR count). The van der Waals surface area contributed by atoms with Crippen LogP contribution in [0.15, 0.2) is 23.6 Å². The Morgan fingerprint density at radius 3 is 2.91 bits per heavy atom. The second kappa shape index (κ2) is 5.76. The predicted octanol–water partition coefficient (Wildman–Crippen LogP) is 2.85. The Morgan fingerprint density at radius 2 is 2.23 bits per heavy atom. The average Bonchev–Trinajstić information content (AvgIpc) is 2.91. The molecule has 3 N–H and O–H groups in total. The Labute approximate surface area is 132 Å². The Kier molecular flexibility index (Phi) is 3.81. The number of rotatable bonds is 3. The van der Waals surface area contributed by atoms with Crippen molar-refractivity contribution in [1.29, 1.82) is 0 Å². The Balaban J connectivity index is 1.80. The number of benzene rings is 1. The number of aromatic nitrogens is 1. The smallest absolute Gasteiger partial charge is 0.257 e. The molecule has 1 aromatic carbocycles. The molecule has 0 spiro atoms. The van der Waals surface area contributed by atoms with Crippen LogP contribution in [0.2, 0.25) is 0 Å². The van der Waals surface area contributed by atoms with E-state index in [1.807, 2.05) is 19.2 Å². The number of nitrogens with one attached hydrogen (secondary N) is 3. The summed E-state index contributed by atoms with van der Waals surface area (Å²) in [7, 11) is 0. The summed E-state index contributed by atoms with van der Waals surface area (Å²) in [6.07, 6.45) is 0.705. The van der Waals surface area contributed by atoms with Gasteiger partial charge in [0.05, 0.1) is 17.1 Å². The maximum atomic E-state index is 12.2. The molecular weight excluding hydrogens is 300 g/mol. The van der Waals surface area contributed by atoms with Gasteiger partial charge < -0.3 is 10.6 Å². The summed E-state index contributed by atoms with van der Waals surface area (Å²) in [5.74, 6) is -0.327. The summed E-state index contributed by atoms with van der Waals surface area (Å²) in [4.78, 5) is 28.3. The van der Waals surface area contributed by atoms with Gasteiger partial charge in [0, 0.05) is 10.9 Å². The van der Waals surface area contributed by atoms with E-state index in [1.165, 1.54) is 11.3 Å². The van der Waals surface area contributed by atoms with Gasteiger partial charge in [-0.05, 0) is 31.5 Å². The molecule has 6 nitrogen and oxygen atoms in total. The molecular formula is C15H16N4O2S. The van der Waals surface area contributed by atoms with Crippen LogP contribution in [0.5, 0.6) is 0 Å². The lowest BCUT2D eigenvalue weighted by molar-refractivity contribution is -0.117. The molecule has 1 aliphatic rings. The molecule has 2 heterocycles. The lowest BCUT2D eigenvalue weighted by Gasteiger charge is -2.26. The van der Waals surface area contributed by atoms with Crippen LogP contribution in [-0.2, 0) is 4.79 Å². The number of carbonyl (C=O) groups is 2. The molecule has 1 atom stereocenters. The molecule has 0 bridgehead atoms. The van der Waals surface area contributed by atoms with Crippen molar-refractivity contribution < 1.29 is 9.59 Å². The minimum Gasteiger partial charge on any atom is -0.372 e. The molecule has 7 heteroatoms. The van der Waals surface area contributed by atoms with Gasteiger partial charge in [-0.1, -0.05) is 6.92 Å². The van der Waals surface area contributed by atoms with Crippen molar-refractivity contribution in [3.05, 3.63) is 34.8 Å². The molecule has 114 valence electrons. The summed E-state index contributed by atoms with van der Waals surface area (Å²) in [5, 5.41) is 11.2. The molecule has 0 aliphatic carbocycles. The first-order valence-corrected chi connectivity index (χ1v) is 7.89. The average molecular weight is 316 g/mol. The molecule has 1 aromatic heterocycles. The van der Waals surface area contributed by atoms with Crippen molar-refractivity contribution in [2.24, 2.45) is 0 Å². The van der Waals surface area contributed by atoms with Gasteiger partial charge in [-0.25, -0.2) is 4.98 Å². The quantitative estimate of drug-likeness (QED) is 0.813. The van der Waals surface area contributed by atoms with Crippen LogP contribution in [0.3, 0.4) is 0 Å². The molecule has 22 heavy (non-hydrogen) atoms. The van der Waals surface area contributed by atoms with Crippen LogP contribution < -0.4 is 16.0 Å². The van der Waals surface area contributed by atoms with E-state index in [0.29, 0.717) is 22.8 Å². The third-order valence-electron chi connectivity index (χ3n) is 3.43. The minimum absolute atomic E-state index is 0.0805. The highest BCUT2D eigenvalue weighted by Crippen LogP contribution is 2.29. The number of fused-ring (bicyclic) bond motifs is 1. The van der Waals surface area contributed by atoms with Crippen LogP contribution >= 0.6 is 11.3 Å². The summed E-state index contributed by atoms with van der Waals surface area (Å²) in [6, 6.07) is 4.97. The highest BCUT2D eigenvalue weighted by molar-refractivity contribution is 7.13. The van der Waals surface area contributed by atoms with Crippen molar-refractivity contribution in [1.82, 2.24) is 4.98 Å². The van der Waals surface area contributed by atoms with Crippen LogP contribution in [0.25, 0.3) is 0 Å². The fourth-order valence-corrected chi connectivity index (χ4v) is 2.94. The summed E-state index contributed by atoms with van der Waals surface area (Å²) in [5.41, 5.74) is 2.79. The van der Waals surface area contributed by atoms with Gasteiger partial charge >= 0.3 is 0 Å². The topological polar surface area (TPSA) is 83.1 Å². The van der Waals surface area contributed by atoms with Crippen molar-refractivity contribution in [2.75, 3.05) is 16.0 Å². The molecule has 2 amide bonds. The normalized spacial score (nSPS) is 16.5. The van der Waals surface area contributed by atoms with E-state index in [-0.39, 0.29) is 17.9 Å².